The average Bonchev–Trinajstić information content (AvgIpc) is 3.20. The molecular formula is C22H18ClF2N5O3. The van der Waals surface area contributed by atoms with E-state index < -0.39 is 17.2 Å². The Morgan fingerprint density at radius 3 is 2.73 bits per heavy atom. The van der Waals surface area contributed by atoms with Crippen molar-refractivity contribution in [2.24, 2.45) is 0 Å². The van der Waals surface area contributed by atoms with Crippen molar-refractivity contribution in [2.75, 3.05) is 13.6 Å². The number of halogens is 3. The van der Waals surface area contributed by atoms with Gasteiger partial charge in [-0.3, -0.25) is 18.7 Å². The molecule has 0 amide bonds. The fourth-order valence-corrected chi connectivity index (χ4v) is 3.52. The van der Waals surface area contributed by atoms with Crippen molar-refractivity contribution in [1.29, 1.82) is 0 Å². The molecule has 1 N–H and O–H groups in total. The molecule has 170 valence electrons. The van der Waals surface area contributed by atoms with Crippen LogP contribution in [0.5, 0.6) is 5.88 Å². The number of nitrogens with one attached hydrogen (secondary N) is 1. The number of rotatable bonds is 6. The van der Waals surface area contributed by atoms with Gasteiger partial charge in [0.05, 0.1) is 23.3 Å². The minimum atomic E-state index is -0.780. The Kier molecular flexibility index (Phi) is 6.21. The van der Waals surface area contributed by atoms with Crippen LogP contribution in [0.2, 0.25) is 5.02 Å². The molecule has 0 aliphatic carbocycles. The fraction of sp³-hybridized carbons (Fsp3) is 0.182. The van der Waals surface area contributed by atoms with Gasteiger partial charge in [0, 0.05) is 11.6 Å². The molecule has 4 rings (SSSR count). The van der Waals surface area contributed by atoms with Crippen LogP contribution in [0.1, 0.15) is 16.2 Å². The predicted octanol–water partition coefficient (Wildman–Crippen LogP) is 3.26. The highest BCUT2D eigenvalue weighted by Crippen LogP contribution is 2.23. The first-order valence-corrected chi connectivity index (χ1v) is 10.2. The molecule has 0 bridgehead atoms. The number of ether oxygens (including phenoxy) is 1. The van der Waals surface area contributed by atoms with E-state index in [4.69, 9.17) is 16.3 Å². The van der Waals surface area contributed by atoms with Crippen molar-refractivity contribution in [2.45, 2.75) is 13.5 Å². The highest BCUT2D eigenvalue weighted by atomic mass is 35.5. The maximum absolute atomic E-state index is 13.8. The van der Waals surface area contributed by atoms with Crippen LogP contribution in [0, 0.1) is 18.6 Å². The third-order valence-corrected chi connectivity index (χ3v) is 5.25. The van der Waals surface area contributed by atoms with Crippen molar-refractivity contribution in [3.8, 4) is 11.6 Å². The van der Waals surface area contributed by atoms with Gasteiger partial charge in [0.15, 0.2) is 5.02 Å². The predicted molar refractivity (Wildman–Crippen MR) is 118 cm³/mol. The Balaban J connectivity index is 1.66. The van der Waals surface area contributed by atoms with Crippen LogP contribution in [0.25, 0.3) is 16.7 Å². The van der Waals surface area contributed by atoms with Gasteiger partial charge in [0.1, 0.15) is 30.4 Å². The first-order chi connectivity index (χ1) is 15.8. The third-order valence-electron chi connectivity index (χ3n) is 4.93. The van der Waals surface area contributed by atoms with Crippen LogP contribution in [0.4, 0.5) is 8.78 Å². The summed E-state index contributed by atoms with van der Waals surface area (Å²) in [5.74, 6) is -1.56. The van der Waals surface area contributed by atoms with Crippen molar-refractivity contribution in [3.05, 3.63) is 81.1 Å². The molecule has 11 heteroatoms. The number of hydrogen-bond acceptors (Lipinski definition) is 6. The zero-order valence-electron chi connectivity index (χ0n) is 17.6. The zero-order valence-corrected chi connectivity index (χ0v) is 18.4. The number of carbonyl (C=O) groups is 1. The van der Waals surface area contributed by atoms with Crippen molar-refractivity contribution >= 4 is 28.5 Å². The Labute approximate surface area is 191 Å². The van der Waals surface area contributed by atoms with E-state index in [0.29, 0.717) is 16.7 Å². The number of imidazole rings is 1. The van der Waals surface area contributed by atoms with Crippen LogP contribution < -0.4 is 15.6 Å². The number of fused-ring (bicyclic) bond motifs is 1. The van der Waals surface area contributed by atoms with Crippen LogP contribution in [0.15, 0.2) is 47.5 Å². The first-order valence-electron chi connectivity index (χ1n) is 9.81. The zero-order chi connectivity index (χ0) is 23.7. The molecule has 8 nitrogen and oxygen atoms in total. The van der Waals surface area contributed by atoms with E-state index in [1.54, 1.807) is 32.2 Å². The Morgan fingerprint density at radius 2 is 2.00 bits per heavy atom. The molecule has 2 aromatic carbocycles. The maximum Gasteiger partial charge on any atom is 0.280 e. The van der Waals surface area contributed by atoms with Gasteiger partial charge in [-0.25, -0.2) is 13.8 Å². The number of aromatic nitrogens is 4. The summed E-state index contributed by atoms with van der Waals surface area (Å²) in [4.78, 5) is 33.6. The van der Waals surface area contributed by atoms with Gasteiger partial charge in [0.25, 0.3) is 5.56 Å². The molecule has 33 heavy (non-hydrogen) atoms. The second kappa shape index (κ2) is 9.08. The highest BCUT2D eigenvalue weighted by Gasteiger charge is 2.18. The number of nitrogens with zero attached hydrogens (tertiary/aromatic N) is 4. The van der Waals surface area contributed by atoms with Crippen molar-refractivity contribution < 1.29 is 18.3 Å². The molecule has 0 saturated carbocycles. The molecule has 0 unspecified atom stereocenters. The lowest BCUT2D eigenvalue weighted by Gasteiger charge is -2.13. The van der Waals surface area contributed by atoms with Crippen molar-refractivity contribution in [3.63, 3.8) is 0 Å². The second-order valence-electron chi connectivity index (χ2n) is 7.15. The monoisotopic (exact) mass is 473 g/mol. The topological polar surface area (TPSA) is 91.0 Å². The van der Waals surface area contributed by atoms with Crippen LogP contribution >= 0.6 is 11.6 Å². The summed E-state index contributed by atoms with van der Waals surface area (Å²) in [7, 11) is 1.67. The van der Waals surface area contributed by atoms with Crippen molar-refractivity contribution in [1.82, 2.24) is 24.4 Å². The number of carbonyl (C=O) groups excluding carboxylic acids is 1. The van der Waals surface area contributed by atoms with Gasteiger partial charge in [-0.05, 0) is 44.3 Å². The molecule has 0 aliphatic heterocycles. The van der Waals surface area contributed by atoms with Gasteiger partial charge >= 0.3 is 0 Å². The molecule has 0 aliphatic rings. The van der Waals surface area contributed by atoms with Gasteiger partial charge in [-0.1, -0.05) is 11.6 Å². The smallest absolute Gasteiger partial charge is 0.280 e. The minimum absolute atomic E-state index is 0.0879. The molecule has 2 heterocycles. The fourth-order valence-electron chi connectivity index (χ4n) is 3.34. The van der Waals surface area contributed by atoms with E-state index in [2.05, 4.69) is 15.3 Å². The van der Waals surface area contributed by atoms with Crippen LogP contribution in [-0.4, -0.2) is 38.6 Å². The van der Waals surface area contributed by atoms with Gasteiger partial charge in [-0.2, -0.15) is 4.98 Å². The minimum Gasteiger partial charge on any atom is -0.471 e. The average molecular weight is 474 g/mol. The maximum atomic E-state index is 13.8. The summed E-state index contributed by atoms with van der Waals surface area (Å²) < 4.78 is 35.1. The normalized spacial score (nSPS) is 11.2. The molecule has 0 radical (unpaired) electrons. The molecule has 0 saturated heterocycles. The standard InChI is InChI=1S/C22H18ClF2N5O3/c1-12-28-21(33-10-13-3-4-14(24)7-16(13)25)20(23)22(32)30(12)15-5-6-18-17(8-15)27-11-29(18)19(31)9-26-2/h3-8,11,26H,9-10H2,1-2H3. The Hall–Kier alpha value is -3.63. The number of hydrogen-bond donors (Lipinski definition) is 1. The molecule has 0 atom stereocenters. The Morgan fingerprint density at radius 1 is 1.21 bits per heavy atom. The highest BCUT2D eigenvalue weighted by molar-refractivity contribution is 6.31. The van der Waals surface area contributed by atoms with E-state index in [1.165, 1.54) is 21.5 Å². The SMILES string of the molecule is CNCC(=O)n1cnc2cc(-n3c(C)nc(OCc4ccc(F)cc4F)c(Cl)c3=O)ccc21. The van der Waals surface area contributed by atoms with E-state index in [9.17, 15) is 18.4 Å². The van der Waals surface area contributed by atoms with E-state index in [-0.39, 0.29) is 41.3 Å². The second-order valence-corrected chi connectivity index (χ2v) is 7.53. The van der Waals surface area contributed by atoms with E-state index >= 15 is 0 Å². The summed E-state index contributed by atoms with van der Waals surface area (Å²) in [6.07, 6.45) is 1.42. The lowest BCUT2D eigenvalue weighted by molar-refractivity contribution is 0.0919. The quantitative estimate of drug-likeness (QED) is 0.462. The summed E-state index contributed by atoms with van der Waals surface area (Å²) in [5, 5.41) is 2.50. The lowest BCUT2D eigenvalue weighted by atomic mass is 10.2. The third kappa shape index (κ3) is 4.35. The molecule has 0 fully saturated rings. The number of likely N-dealkylation sites (N-methyl/N-ethyl adjacent to an activating group) is 1. The largest absolute Gasteiger partial charge is 0.471 e. The van der Waals surface area contributed by atoms with Gasteiger partial charge in [0.2, 0.25) is 11.8 Å². The molecular weight excluding hydrogens is 456 g/mol. The summed E-state index contributed by atoms with van der Waals surface area (Å²) in [6, 6.07) is 8.03. The van der Waals surface area contributed by atoms with Gasteiger partial charge in [-0.15, -0.1) is 0 Å². The number of benzene rings is 2. The van der Waals surface area contributed by atoms with Crippen LogP contribution in [0.3, 0.4) is 0 Å². The van der Waals surface area contributed by atoms with Crippen LogP contribution in [-0.2, 0) is 6.61 Å². The summed E-state index contributed by atoms with van der Waals surface area (Å²) >= 11 is 6.20. The summed E-state index contributed by atoms with van der Waals surface area (Å²) in [6.45, 7) is 1.45. The summed E-state index contributed by atoms with van der Waals surface area (Å²) in [5.41, 5.74) is 1.03. The lowest BCUT2D eigenvalue weighted by Crippen LogP contribution is -2.24. The number of aryl methyl sites for hydroxylation is 1. The molecule has 2 aromatic heterocycles. The first kappa shape index (κ1) is 22.6. The van der Waals surface area contributed by atoms with Gasteiger partial charge < -0.3 is 10.1 Å². The van der Waals surface area contributed by atoms with E-state index in [0.717, 1.165) is 12.1 Å². The van der Waals surface area contributed by atoms with E-state index in [1.807, 2.05) is 0 Å². The molecule has 0 spiro atoms. The Bertz CT molecular complexity index is 1430. The molecule has 4 aromatic rings.